The number of carbonyl (C=O) groups excluding carboxylic acids is 2. The van der Waals surface area contributed by atoms with Crippen LogP contribution in [0.1, 0.15) is 25.3 Å². The highest BCUT2D eigenvalue weighted by molar-refractivity contribution is 7.99. The van der Waals surface area contributed by atoms with Crippen LogP contribution in [0.5, 0.6) is 5.75 Å². The summed E-state index contributed by atoms with van der Waals surface area (Å²) >= 11 is 1.42. The standard InChI is InChI=1S/C21H25NO9S/c1-14(16-4-5-18-13-19(27-3)7-6-17(18)12-16)20(23)28-8-10-32-11-9-29-21(24)30-15(2)31-22(25)26/h4-7,12-15H,8-11H2,1-3H3. The van der Waals surface area contributed by atoms with E-state index >= 15 is 0 Å². The first-order chi connectivity index (χ1) is 15.3. The molecule has 0 spiro atoms. The van der Waals surface area contributed by atoms with E-state index in [1.54, 1.807) is 14.0 Å². The lowest BCUT2D eigenvalue weighted by Crippen LogP contribution is -2.22. The molecule has 0 aliphatic heterocycles. The summed E-state index contributed by atoms with van der Waals surface area (Å²) in [5.74, 6) is 1.01. The number of carbonyl (C=O) groups is 2. The summed E-state index contributed by atoms with van der Waals surface area (Å²) in [6.45, 7) is 3.25. The van der Waals surface area contributed by atoms with Gasteiger partial charge in [-0.15, -0.1) is 10.1 Å². The Morgan fingerprint density at radius 3 is 2.38 bits per heavy atom. The second-order valence-corrected chi connectivity index (χ2v) is 7.81. The van der Waals surface area contributed by atoms with Gasteiger partial charge in [0, 0.05) is 11.5 Å². The highest BCUT2D eigenvalue weighted by Gasteiger charge is 2.17. The van der Waals surface area contributed by atoms with Crippen LogP contribution in [0.4, 0.5) is 4.79 Å². The van der Waals surface area contributed by atoms with Crippen molar-refractivity contribution in [3.63, 3.8) is 0 Å². The normalized spacial score (nSPS) is 12.5. The smallest absolute Gasteiger partial charge is 0.497 e. The summed E-state index contributed by atoms with van der Waals surface area (Å²) in [5, 5.41) is 11.1. The fourth-order valence-electron chi connectivity index (χ4n) is 2.70. The fraction of sp³-hybridized carbons (Fsp3) is 0.429. The van der Waals surface area contributed by atoms with Crippen LogP contribution >= 0.6 is 11.8 Å². The van der Waals surface area contributed by atoms with Crippen molar-refractivity contribution in [2.45, 2.75) is 26.1 Å². The van der Waals surface area contributed by atoms with Crippen molar-refractivity contribution in [2.75, 3.05) is 31.8 Å². The molecule has 0 heterocycles. The Kier molecular flexibility index (Phi) is 9.86. The zero-order chi connectivity index (χ0) is 23.5. The van der Waals surface area contributed by atoms with Gasteiger partial charge in [-0.3, -0.25) is 9.63 Å². The minimum absolute atomic E-state index is 0.0426. The number of rotatable bonds is 12. The van der Waals surface area contributed by atoms with Crippen LogP contribution in [-0.4, -0.2) is 55.3 Å². The Bertz CT molecular complexity index is 937. The van der Waals surface area contributed by atoms with Gasteiger partial charge in [-0.05, 0) is 42.3 Å². The highest BCUT2D eigenvalue weighted by Crippen LogP contribution is 2.25. The third-order valence-corrected chi connectivity index (χ3v) is 5.25. The number of nitrogens with zero attached hydrogens (tertiary/aromatic N) is 1. The van der Waals surface area contributed by atoms with Crippen molar-refractivity contribution < 1.29 is 38.5 Å². The monoisotopic (exact) mass is 467 g/mol. The molecule has 0 N–H and O–H groups in total. The molecular formula is C21H25NO9S. The van der Waals surface area contributed by atoms with Gasteiger partial charge >= 0.3 is 12.1 Å². The quantitative estimate of drug-likeness (QED) is 0.149. The molecule has 0 radical (unpaired) electrons. The van der Waals surface area contributed by atoms with Crippen LogP contribution in [0.25, 0.3) is 10.8 Å². The molecule has 0 saturated carbocycles. The number of fused-ring (bicyclic) bond motifs is 1. The van der Waals surface area contributed by atoms with Gasteiger partial charge in [0.05, 0.1) is 13.0 Å². The topological polar surface area (TPSA) is 123 Å². The van der Waals surface area contributed by atoms with E-state index in [-0.39, 0.29) is 19.2 Å². The summed E-state index contributed by atoms with van der Waals surface area (Å²) in [6, 6.07) is 11.6. The molecule has 2 atom stereocenters. The molecule has 2 unspecified atom stereocenters. The van der Waals surface area contributed by atoms with Crippen LogP contribution in [0.2, 0.25) is 0 Å². The number of hydrogen-bond acceptors (Lipinski definition) is 10. The van der Waals surface area contributed by atoms with Gasteiger partial charge in [0.2, 0.25) is 6.29 Å². The first kappa shape index (κ1) is 25.1. The number of methoxy groups -OCH3 is 1. The van der Waals surface area contributed by atoms with Crippen molar-refractivity contribution in [1.29, 1.82) is 0 Å². The lowest BCUT2D eigenvalue weighted by molar-refractivity contribution is -0.777. The van der Waals surface area contributed by atoms with Crippen molar-refractivity contribution in [3.05, 3.63) is 52.1 Å². The van der Waals surface area contributed by atoms with Gasteiger partial charge in [-0.2, -0.15) is 11.8 Å². The van der Waals surface area contributed by atoms with Gasteiger partial charge in [-0.1, -0.05) is 24.3 Å². The lowest BCUT2D eigenvalue weighted by atomic mass is 9.98. The Hall–Kier alpha value is -3.21. The van der Waals surface area contributed by atoms with E-state index in [4.69, 9.17) is 14.2 Å². The predicted octanol–water partition coefficient (Wildman–Crippen LogP) is 3.94. The van der Waals surface area contributed by atoms with Gasteiger partial charge in [-0.25, -0.2) is 4.79 Å². The number of esters is 1. The summed E-state index contributed by atoms with van der Waals surface area (Å²) in [4.78, 5) is 37.8. The molecule has 2 rings (SSSR count). The molecule has 0 aliphatic carbocycles. The summed E-state index contributed by atoms with van der Waals surface area (Å²) in [5.41, 5.74) is 0.863. The minimum atomic E-state index is -1.35. The van der Waals surface area contributed by atoms with Crippen LogP contribution in [-0.2, 0) is 23.8 Å². The molecule has 0 fully saturated rings. The maximum absolute atomic E-state index is 12.3. The van der Waals surface area contributed by atoms with Crippen LogP contribution in [0.3, 0.4) is 0 Å². The molecule has 0 aromatic heterocycles. The molecule has 0 aliphatic rings. The summed E-state index contributed by atoms with van der Waals surface area (Å²) < 4.78 is 19.8. The molecule has 0 saturated heterocycles. The van der Waals surface area contributed by atoms with Gasteiger partial charge < -0.3 is 18.9 Å². The van der Waals surface area contributed by atoms with Crippen molar-refractivity contribution in [3.8, 4) is 5.75 Å². The van der Waals surface area contributed by atoms with E-state index in [9.17, 15) is 19.7 Å². The maximum atomic E-state index is 12.3. The van der Waals surface area contributed by atoms with E-state index in [1.807, 2.05) is 36.4 Å². The number of hydrogen-bond donors (Lipinski definition) is 0. The highest BCUT2D eigenvalue weighted by atomic mass is 32.2. The average Bonchev–Trinajstić information content (AvgIpc) is 2.76. The second kappa shape index (κ2) is 12.6. The Morgan fingerprint density at radius 2 is 1.69 bits per heavy atom. The minimum Gasteiger partial charge on any atom is -0.497 e. The predicted molar refractivity (Wildman–Crippen MR) is 117 cm³/mol. The number of thioether (sulfide) groups is 1. The Balaban J connectivity index is 1.65. The SMILES string of the molecule is COc1ccc2cc(C(C)C(=O)OCCSCCOC(=O)OC(C)O[N+](=O)[O-])ccc2c1. The van der Waals surface area contributed by atoms with Crippen LogP contribution < -0.4 is 4.74 Å². The third-order valence-electron chi connectivity index (χ3n) is 4.34. The van der Waals surface area contributed by atoms with Crippen molar-refractivity contribution in [2.24, 2.45) is 0 Å². The molecule has 0 bridgehead atoms. The van der Waals surface area contributed by atoms with E-state index in [1.165, 1.54) is 18.7 Å². The molecule has 174 valence electrons. The fourth-order valence-corrected chi connectivity index (χ4v) is 3.31. The first-order valence-corrected chi connectivity index (χ1v) is 10.9. The van der Waals surface area contributed by atoms with Crippen molar-refractivity contribution in [1.82, 2.24) is 0 Å². The molecule has 2 aromatic carbocycles. The maximum Gasteiger partial charge on any atom is 0.510 e. The first-order valence-electron chi connectivity index (χ1n) is 9.76. The van der Waals surface area contributed by atoms with E-state index in [2.05, 4.69) is 9.57 Å². The summed E-state index contributed by atoms with van der Waals surface area (Å²) in [6.07, 6.45) is -2.41. The molecule has 2 aromatic rings. The number of benzene rings is 2. The molecule has 10 nitrogen and oxygen atoms in total. The van der Waals surface area contributed by atoms with Gasteiger partial charge in [0.25, 0.3) is 5.09 Å². The van der Waals surface area contributed by atoms with Gasteiger partial charge in [0.15, 0.2) is 0 Å². The van der Waals surface area contributed by atoms with Gasteiger partial charge in [0.1, 0.15) is 19.0 Å². The van der Waals surface area contributed by atoms with E-state index in [0.29, 0.717) is 11.5 Å². The molecule has 11 heteroatoms. The lowest BCUT2D eigenvalue weighted by Gasteiger charge is -2.13. The Morgan fingerprint density at radius 1 is 1.03 bits per heavy atom. The largest absolute Gasteiger partial charge is 0.510 e. The third kappa shape index (κ3) is 8.14. The average molecular weight is 467 g/mol. The van der Waals surface area contributed by atoms with Crippen molar-refractivity contribution >= 4 is 34.7 Å². The van der Waals surface area contributed by atoms with Crippen LogP contribution in [0.15, 0.2) is 36.4 Å². The van der Waals surface area contributed by atoms with E-state index in [0.717, 1.165) is 22.1 Å². The zero-order valence-corrected chi connectivity index (χ0v) is 18.8. The molecule has 32 heavy (non-hydrogen) atoms. The van der Waals surface area contributed by atoms with Crippen LogP contribution in [0, 0.1) is 10.1 Å². The summed E-state index contributed by atoms with van der Waals surface area (Å²) in [7, 11) is 1.62. The second-order valence-electron chi connectivity index (χ2n) is 6.59. The Labute approximate surface area is 189 Å². The molecule has 0 amide bonds. The van der Waals surface area contributed by atoms with E-state index < -0.39 is 23.4 Å². The zero-order valence-electron chi connectivity index (χ0n) is 18.0. The molecular weight excluding hydrogens is 442 g/mol. The number of ether oxygens (including phenoxy) is 4.